The third-order valence-corrected chi connectivity index (χ3v) is 10.7. The van der Waals surface area contributed by atoms with Crippen LogP contribution in [0.3, 0.4) is 0 Å². The van der Waals surface area contributed by atoms with Crippen molar-refractivity contribution < 1.29 is 20.8 Å². The molecule has 0 aliphatic carbocycles. The Morgan fingerprint density at radius 3 is 1.12 bits per heavy atom. The molecule has 4 unspecified atom stereocenters. The van der Waals surface area contributed by atoms with Crippen molar-refractivity contribution in [1.82, 2.24) is 0 Å². The Morgan fingerprint density at radius 2 is 0.827 bits per heavy atom. The topological polar surface area (TPSA) is 0 Å². The van der Waals surface area contributed by atoms with Gasteiger partial charge in [-0.05, 0) is 47.6 Å². The van der Waals surface area contributed by atoms with Crippen molar-refractivity contribution in [3.8, 4) is 22.3 Å². The van der Waals surface area contributed by atoms with Gasteiger partial charge in [0.2, 0.25) is 0 Å². The van der Waals surface area contributed by atoms with Gasteiger partial charge in [0.15, 0.2) is 0 Å². The molecule has 0 nitrogen and oxygen atoms in total. The van der Waals surface area contributed by atoms with Gasteiger partial charge in [0.25, 0.3) is 0 Å². The number of rotatable bonds is 10. The maximum atomic E-state index is 4.93. The molecule has 0 N–H and O–H groups in total. The second kappa shape index (κ2) is 22.9. The third-order valence-electron chi connectivity index (χ3n) is 10.7. The summed E-state index contributed by atoms with van der Waals surface area (Å²) in [5, 5.41) is 5.60. The summed E-state index contributed by atoms with van der Waals surface area (Å²) < 4.78 is 0. The van der Waals surface area contributed by atoms with Crippen LogP contribution in [-0.2, 0) is 20.8 Å². The van der Waals surface area contributed by atoms with Crippen LogP contribution in [0, 0.1) is 0 Å². The Morgan fingerprint density at radius 1 is 0.519 bits per heavy atom. The van der Waals surface area contributed by atoms with E-state index in [1.807, 2.05) is 0 Å². The van der Waals surface area contributed by atoms with Crippen molar-refractivity contribution in [3.05, 3.63) is 131 Å². The number of hydrogen-bond donors (Lipinski definition) is 0. The van der Waals surface area contributed by atoms with Crippen LogP contribution in [0.4, 0.5) is 0 Å². The molecule has 2 radical (unpaired) electrons. The van der Waals surface area contributed by atoms with E-state index in [0.717, 1.165) is 9.52 Å². The van der Waals surface area contributed by atoms with Gasteiger partial charge in [-0.1, -0.05) is 164 Å². The second-order valence-electron chi connectivity index (χ2n) is 14.2. The molecule has 6 rings (SSSR count). The summed E-state index contributed by atoms with van der Waals surface area (Å²) in [5.74, 6) is 2.41. The number of hydrogen-bond acceptors (Lipinski definition) is 0. The van der Waals surface area contributed by atoms with Crippen molar-refractivity contribution in [3.63, 3.8) is 0 Å². The molecule has 52 heavy (non-hydrogen) atoms. The molecule has 0 fully saturated rings. The molecule has 0 saturated carbocycles. The first kappa shape index (κ1) is 44.2. The fourth-order valence-electron chi connectivity index (χ4n) is 6.80. The van der Waals surface area contributed by atoms with Gasteiger partial charge in [-0.2, -0.15) is 12.1 Å². The van der Waals surface area contributed by atoms with Gasteiger partial charge in [-0.3, -0.25) is 0 Å². The average Bonchev–Trinajstić information content (AvgIpc) is 3.82. The molecule has 6 aromatic carbocycles. The Bertz CT molecular complexity index is 1750. The van der Waals surface area contributed by atoms with Gasteiger partial charge in [-0.15, -0.1) is 69.1 Å². The van der Waals surface area contributed by atoms with Crippen molar-refractivity contribution >= 4 is 48.1 Å². The minimum atomic E-state index is -0.826. The van der Waals surface area contributed by atoms with Gasteiger partial charge in [-0.25, -0.2) is 0 Å². The molecule has 0 heterocycles. The molecule has 0 aromatic heterocycles. The van der Waals surface area contributed by atoms with Crippen LogP contribution in [-0.4, -0.2) is 9.52 Å². The molecular formula is C48H60Cl2SiZr. The first-order valence-corrected chi connectivity index (χ1v) is 27.6. The summed E-state index contributed by atoms with van der Waals surface area (Å²) in [6, 6.07) is 40.7. The van der Waals surface area contributed by atoms with E-state index in [0.29, 0.717) is 23.7 Å². The Labute approximate surface area is 338 Å². The molecule has 0 saturated heterocycles. The quantitative estimate of drug-likeness (QED) is 0.0953. The Kier molecular flexibility index (Phi) is 19.4. The van der Waals surface area contributed by atoms with Crippen molar-refractivity contribution in [2.75, 3.05) is 0 Å². The van der Waals surface area contributed by atoms with E-state index in [2.05, 4.69) is 178 Å². The predicted octanol–water partition coefficient (Wildman–Crippen LogP) is 16.7. The number of halogens is 2. The summed E-state index contributed by atoms with van der Waals surface area (Å²) in [6.45, 7) is 22.7. The average molecular weight is 827 g/mol. The summed E-state index contributed by atoms with van der Waals surface area (Å²) in [5.41, 5.74) is 11.5. The van der Waals surface area contributed by atoms with Gasteiger partial charge >= 0.3 is 37.9 Å². The molecular weight excluding hydrogens is 767 g/mol. The SMILES string of the molecule is CCC(C)c1cc2c(-c3ccccc3)c(C(C)CC)ccc2[cH-]1.CCC(C)c1cc2c(-c3ccccc3)c(C(C)CC)ccc2[cH-]1.C[Si]C.[Cl][Zr+2][Cl]. The van der Waals surface area contributed by atoms with Crippen molar-refractivity contribution in [2.24, 2.45) is 0 Å². The summed E-state index contributed by atoms with van der Waals surface area (Å²) in [4.78, 5) is 0. The zero-order valence-corrected chi connectivity index (χ0v) is 38.3. The zero-order chi connectivity index (χ0) is 38.2. The van der Waals surface area contributed by atoms with E-state index in [-0.39, 0.29) is 0 Å². The molecule has 0 aliphatic rings. The molecule has 0 bridgehead atoms. The van der Waals surface area contributed by atoms with Crippen LogP contribution in [0.15, 0.2) is 109 Å². The van der Waals surface area contributed by atoms with Gasteiger partial charge in [0.05, 0.1) is 0 Å². The fraction of sp³-hybridized carbons (Fsp3) is 0.375. The van der Waals surface area contributed by atoms with Crippen LogP contribution >= 0.6 is 17.0 Å². The third kappa shape index (κ3) is 11.4. The van der Waals surface area contributed by atoms with Gasteiger partial charge in [0.1, 0.15) is 0 Å². The van der Waals surface area contributed by atoms with Crippen LogP contribution in [0.2, 0.25) is 13.1 Å². The number of benzene rings is 4. The Hall–Kier alpha value is -2.22. The molecule has 0 amide bonds. The van der Waals surface area contributed by atoms with Crippen LogP contribution < -0.4 is 0 Å². The molecule has 6 aromatic rings. The summed E-state index contributed by atoms with van der Waals surface area (Å²) >= 11 is -0.826. The number of fused-ring (bicyclic) bond motifs is 2. The van der Waals surface area contributed by atoms with Crippen molar-refractivity contribution in [1.29, 1.82) is 0 Å². The van der Waals surface area contributed by atoms with Crippen LogP contribution in [0.1, 0.15) is 127 Å². The normalized spacial score (nSPS) is 13.0. The summed E-state index contributed by atoms with van der Waals surface area (Å²) in [7, 11) is 11.0. The maximum absolute atomic E-state index is 4.93. The first-order chi connectivity index (χ1) is 25.1. The standard InChI is InChI=1S/2C23H27.C2H6Si.2ClH.Zr/c2*1-5-16(3)20-14-19-12-13-21(17(4)6-2)23(22(19)15-20)18-10-8-7-9-11-18;1-3-2;;;/h2*7-17H,5-6H2,1-4H3;1-2H3;2*1H;/q2*-1;;;;+4/p-2. The van der Waals surface area contributed by atoms with Crippen LogP contribution in [0.5, 0.6) is 0 Å². The molecule has 274 valence electrons. The molecule has 4 atom stereocenters. The van der Waals surface area contributed by atoms with Gasteiger partial charge in [0, 0.05) is 9.52 Å². The van der Waals surface area contributed by atoms with E-state index < -0.39 is 20.8 Å². The van der Waals surface area contributed by atoms with E-state index in [4.69, 9.17) is 17.0 Å². The van der Waals surface area contributed by atoms with E-state index in [1.54, 1.807) is 0 Å². The van der Waals surface area contributed by atoms with E-state index in [1.165, 1.54) is 91.7 Å². The van der Waals surface area contributed by atoms with Crippen molar-refractivity contribution in [2.45, 2.75) is 118 Å². The van der Waals surface area contributed by atoms with E-state index >= 15 is 0 Å². The Balaban J connectivity index is 0.000000244. The first-order valence-electron chi connectivity index (χ1n) is 19.3. The van der Waals surface area contributed by atoms with E-state index in [9.17, 15) is 0 Å². The minimum absolute atomic E-state index is 0.580. The summed E-state index contributed by atoms with van der Waals surface area (Å²) in [6.07, 6.45) is 4.72. The predicted molar refractivity (Wildman–Crippen MR) is 234 cm³/mol. The second-order valence-corrected chi connectivity index (χ2v) is 18.9. The molecule has 0 aliphatic heterocycles. The zero-order valence-electron chi connectivity index (χ0n) is 33.3. The van der Waals surface area contributed by atoms with Crippen LogP contribution in [0.25, 0.3) is 43.8 Å². The molecule has 4 heteroatoms. The fourth-order valence-corrected chi connectivity index (χ4v) is 6.80. The van der Waals surface area contributed by atoms with Gasteiger partial charge < -0.3 is 0 Å². The monoisotopic (exact) mass is 824 g/mol. The molecule has 0 spiro atoms.